The van der Waals surface area contributed by atoms with E-state index in [-0.39, 0.29) is 29.5 Å². The van der Waals surface area contributed by atoms with E-state index < -0.39 is 4.92 Å². The Morgan fingerprint density at radius 3 is 2.81 bits per heavy atom. The first kappa shape index (κ1) is 14.4. The van der Waals surface area contributed by atoms with Gasteiger partial charge in [0.25, 0.3) is 0 Å². The molecule has 1 aromatic heterocycles. The van der Waals surface area contributed by atoms with Crippen molar-refractivity contribution >= 4 is 5.69 Å². The number of nitriles is 1. The number of hydrogen-bond acceptors (Lipinski definition) is 6. The standard InChI is InChI=1S/C14H11N3O4/c1-9-4-11(8-18)7-16-14(9)21-13-3-2-10(6-15)5-12(13)17(19)20/h2-5,7,18H,8H2,1H3. The van der Waals surface area contributed by atoms with E-state index in [1.165, 1.54) is 18.3 Å². The highest BCUT2D eigenvalue weighted by atomic mass is 16.6. The van der Waals surface area contributed by atoms with E-state index in [0.717, 1.165) is 6.07 Å². The third kappa shape index (κ3) is 3.13. The van der Waals surface area contributed by atoms with Gasteiger partial charge in [0.15, 0.2) is 0 Å². The Morgan fingerprint density at radius 2 is 2.24 bits per heavy atom. The van der Waals surface area contributed by atoms with Gasteiger partial charge in [-0.15, -0.1) is 0 Å². The quantitative estimate of drug-likeness (QED) is 0.682. The van der Waals surface area contributed by atoms with Crippen LogP contribution >= 0.6 is 0 Å². The van der Waals surface area contributed by atoms with Crippen LogP contribution in [0.1, 0.15) is 16.7 Å². The number of pyridine rings is 1. The molecule has 0 aliphatic heterocycles. The van der Waals surface area contributed by atoms with Gasteiger partial charge in [0.1, 0.15) is 0 Å². The van der Waals surface area contributed by atoms with Crippen LogP contribution in [0, 0.1) is 28.4 Å². The van der Waals surface area contributed by atoms with E-state index in [1.54, 1.807) is 13.0 Å². The van der Waals surface area contributed by atoms with Crippen LogP contribution in [-0.4, -0.2) is 15.0 Å². The second kappa shape index (κ2) is 5.98. The van der Waals surface area contributed by atoms with Crippen molar-refractivity contribution in [3.05, 3.63) is 57.3 Å². The van der Waals surface area contributed by atoms with E-state index in [1.807, 2.05) is 6.07 Å². The summed E-state index contributed by atoms with van der Waals surface area (Å²) in [5, 5.41) is 28.8. The molecular formula is C14H11N3O4. The number of nitro benzene ring substituents is 1. The molecule has 7 heteroatoms. The number of aliphatic hydroxyl groups is 1. The molecule has 0 spiro atoms. The van der Waals surface area contributed by atoms with E-state index in [4.69, 9.17) is 15.1 Å². The van der Waals surface area contributed by atoms with E-state index in [0.29, 0.717) is 11.1 Å². The average Bonchev–Trinajstić information content (AvgIpc) is 2.49. The van der Waals surface area contributed by atoms with Crippen LogP contribution in [0.15, 0.2) is 30.5 Å². The molecule has 0 atom stereocenters. The van der Waals surface area contributed by atoms with Crippen LogP contribution in [0.2, 0.25) is 0 Å². The number of aromatic nitrogens is 1. The van der Waals surface area contributed by atoms with Crippen LogP contribution in [0.3, 0.4) is 0 Å². The molecule has 2 aromatic rings. The molecule has 21 heavy (non-hydrogen) atoms. The van der Waals surface area contributed by atoms with Crippen LogP contribution < -0.4 is 4.74 Å². The lowest BCUT2D eigenvalue weighted by atomic mass is 10.2. The highest BCUT2D eigenvalue weighted by Gasteiger charge is 2.18. The number of aryl methyl sites for hydroxylation is 1. The number of hydrogen-bond donors (Lipinski definition) is 1. The zero-order chi connectivity index (χ0) is 15.4. The fourth-order valence-electron chi connectivity index (χ4n) is 1.73. The van der Waals surface area contributed by atoms with Gasteiger partial charge in [0.05, 0.1) is 23.2 Å². The van der Waals surface area contributed by atoms with Gasteiger partial charge in [-0.2, -0.15) is 5.26 Å². The minimum Gasteiger partial charge on any atom is -0.432 e. The minimum atomic E-state index is -0.617. The van der Waals surface area contributed by atoms with Gasteiger partial charge in [0, 0.05) is 17.8 Å². The van der Waals surface area contributed by atoms with Crippen molar-refractivity contribution in [2.24, 2.45) is 0 Å². The largest absolute Gasteiger partial charge is 0.432 e. The second-order valence-electron chi connectivity index (χ2n) is 4.28. The third-order valence-corrected chi connectivity index (χ3v) is 2.76. The zero-order valence-electron chi connectivity index (χ0n) is 11.1. The molecule has 106 valence electrons. The summed E-state index contributed by atoms with van der Waals surface area (Å²) in [6.07, 6.45) is 1.43. The summed E-state index contributed by atoms with van der Waals surface area (Å²) in [5.74, 6) is 0.214. The normalized spacial score (nSPS) is 9.95. The van der Waals surface area contributed by atoms with Crippen LogP contribution in [0.4, 0.5) is 5.69 Å². The van der Waals surface area contributed by atoms with Crippen molar-refractivity contribution in [2.75, 3.05) is 0 Å². The summed E-state index contributed by atoms with van der Waals surface area (Å²) in [5.41, 5.74) is 1.13. The lowest BCUT2D eigenvalue weighted by Gasteiger charge is -2.09. The molecule has 0 saturated heterocycles. The van der Waals surface area contributed by atoms with Gasteiger partial charge in [-0.05, 0) is 30.7 Å². The van der Waals surface area contributed by atoms with Crippen molar-refractivity contribution in [2.45, 2.75) is 13.5 Å². The molecule has 0 saturated carbocycles. The number of nitro groups is 1. The van der Waals surface area contributed by atoms with Crippen molar-refractivity contribution in [1.82, 2.24) is 4.98 Å². The third-order valence-electron chi connectivity index (χ3n) is 2.76. The number of rotatable bonds is 4. The first-order valence-corrected chi connectivity index (χ1v) is 5.98. The molecule has 7 nitrogen and oxygen atoms in total. The Labute approximate surface area is 120 Å². The number of ether oxygens (including phenoxy) is 1. The maximum absolute atomic E-state index is 11.0. The molecule has 1 aromatic carbocycles. The topological polar surface area (TPSA) is 109 Å². The summed E-state index contributed by atoms with van der Waals surface area (Å²) in [7, 11) is 0. The van der Waals surface area contributed by atoms with Crippen LogP contribution in [-0.2, 0) is 6.61 Å². The zero-order valence-corrected chi connectivity index (χ0v) is 11.1. The van der Waals surface area contributed by atoms with E-state index in [9.17, 15) is 10.1 Å². The van der Waals surface area contributed by atoms with Gasteiger partial charge in [-0.1, -0.05) is 0 Å². The van der Waals surface area contributed by atoms with Gasteiger partial charge >= 0.3 is 5.69 Å². The molecule has 0 amide bonds. The Kier molecular flexibility index (Phi) is 4.11. The summed E-state index contributed by atoms with van der Waals surface area (Å²) < 4.78 is 5.46. The van der Waals surface area contributed by atoms with E-state index in [2.05, 4.69) is 4.98 Å². The maximum atomic E-state index is 11.0. The first-order chi connectivity index (χ1) is 10.0. The van der Waals surface area contributed by atoms with Gasteiger partial charge in [-0.3, -0.25) is 10.1 Å². The molecular weight excluding hydrogens is 274 g/mol. The molecule has 0 radical (unpaired) electrons. The minimum absolute atomic E-state index is 0.00588. The Hall–Kier alpha value is -2.98. The van der Waals surface area contributed by atoms with Crippen LogP contribution in [0.25, 0.3) is 0 Å². The number of nitrogens with zero attached hydrogens (tertiary/aromatic N) is 3. The van der Waals surface area contributed by atoms with Gasteiger partial charge < -0.3 is 9.84 Å². The molecule has 0 aliphatic carbocycles. The van der Waals surface area contributed by atoms with Crippen molar-refractivity contribution < 1.29 is 14.8 Å². The molecule has 0 aliphatic rings. The second-order valence-corrected chi connectivity index (χ2v) is 4.28. The predicted octanol–water partition coefficient (Wildman–Crippen LogP) is 2.45. The van der Waals surface area contributed by atoms with Crippen molar-refractivity contribution in [3.8, 4) is 17.7 Å². The molecule has 0 unspecified atom stereocenters. The first-order valence-electron chi connectivity index (χ1n) is 5.98. The van der Waals surface area contributed by atoms with E-state index >= 15 is 0 Å². The smallest absolute Gasteiger partial charge is 0.312 e. The number of benzene rings is 1. The van der Waals surface area contributed by atoms with Gasteiger partial charge in [0.2, 0.25) is 11.6 Å². The molecule has 0 fully saturated rings. The fourth-order valence-corrected chi connectivity index (χ4v) is 1.73. The van der Waals surface area contributed by atoms with Gasteiger partial charge in [-0.25, -0.2) is 4.98 Å². The Balaban J connectivity index is 2.40. The summed E-state index contributed by atoms with van der Waals surface area (Å²) in [6.45, 7) is 1.57. The highest BCUT2D eigenvalue weighted by molar-refractivity contribution is 5.53. The SMILES string of the molecule is Cc1cc(CO)cnc1Oc1ccc(C#N)cc1[N+](=O)[O-]. The lowest BCUT2D eigenvalue weighted by molar-refractivity contribution is -0.385. The summed E-state index contributed by atoms with van der Waals surface area (Å²) in [4.78, 5) is 14.4. The molecule has 1 N–H and O–H groups in total. The molecule has 0 bridgehead atoms. The maximum Gasteiger partial charge on any atom is 0.312 e. The number of aliphatic hydroxyl groups excluding tert-OH is 1. The van der Waals surface area contributed by atoms with Crippen LogP contribution in [0.5, 0.6) is 11.6 Å². The monoisotopic (exact) mass is 285 g/mol. The summed E-state index contributed by atoms with van der Waals surface area (Å²) >= 11 is 0. The average molecular weight is 285 g/mol. The fraction of sp³-hybridized carbons (Fsp3) is 0.143. The Bertz CT molecular complexity index is 737. The predicted molar refractivity (Wildman–Crippen MR) is 72.8 cm³/mol. The lowest BCUT2D eigenvalue weighted by Crippen LogP contribution is -1.98. The molecule has 2 rings (SSSR count). The molecule has 1 heterocycles. The summed E-state index contributed by atoms with van der Waals surface area (Å²) in [6, 6.07) is 7.45. The van der Waals surface area contributed by atoms with Crippen molar-refractivity contribution in [3.63, 3.8) is 0 Å². The van der Waals surface area contributed by atoms with Crippen molar-refractivity contribution in [1.29, 1.82) is 5.26 Å². The highest BCUT2D eigenvalue weighted by Crippen LogP contribution is 2.32. The Morgan fingerprint density at radius 1 is 1.48 bits per heavy atom.